The number of rotatable bonds is 4. The van der Waals surface area contributed by atoms with Gasteiger partial charge >= 0.3 is 12.1 Å². The van der Waals surface area contributed by atoms with Gasteiger partial charge in [-0.3, -0.25) is 14.6 Å². The molecule has 2 heterocycles. The molecule has 0 aromatic heterocycles. The van der Waals surface area contributed by atoms with Crippen LogP contribution in [0.1, 0.15) is 41.0 Å². The molecule has 136 valence electrons. The Kier molecular flexibility index (Phi) is 5.08. The van der Waals surface area contributed by atoms with Gasteiger partial charge in [0.15, 0.2) is 0 Å². The van der Waals surface area contributed by atoms with Crippen LogP contribution in [0.4, 0.5) is 9.59 Å². The molecular formula is C16H28N4O4. The maximum absolute atomic E-state index is 12.1. The molecule has 2 saturated heterocycles. The third-order valence-corrected chi connectivity index (χ3v) is 4.08. The van der Waals surface area contributed by atoms with Crippen molar-refractivity contribution in [2.24, 2.45) is 0 Å². The number of imide groups is 1. The highest BCUT2D eigenvalue weighted by molar-refractivity contribution is 6.06. The smallest absolute Gasteiger partial charge is 0.407 e. The minimum atomic E-state index is -0.830. The number of likely N-dealkylation sites (tertiary alicyclic amines) is 1. The van der Waals surface area contributed by atoms with Crippen molar-refractivity contribution in [3.05, 3.63) is 0 Å². The zero-order chi connectivity index (χ0) is 18.1. The minimum Gasteiger partial charge on any atom is -0.444 e. The van der Waals surface area contributed by atoms with Gasteiger partial charge in [-0.15, -0.1) is 0 Å². The van der Waals surface area contributed by atoms with Crippen molar-refractivity contribution in [3.8, 4) is 0 Å². The molecular weight excluding hydrogens is 312 g/mol. The van der Waals surface area contributed by atoms with Crippen molar-refractivity contribution in [3.63, 3.8) is 0 Å². The van der Waals surface area contributed by atoms with Crippen LogP contribution in [0.25, 0.3) is 0 Å². The van der Waals surface area contributed by atoms with E-state index in [2.05, 4.69) is 15.5 Å². The predicted molar refractivity (Wildman–Crippen MR) is 88.5 cm³/mol. The molecule has 2 aliphatic heterocycles. The van der Waals surface area contributed by atoms with Crippen LogP contribution in [-0.2, 0) is 9.53 Å². The molecule has 4 amide bonds. The molecule has 8 nitrogen and oxygen atoms in total. The molecule has 0 aliphatic carbocycles. The average molecular weight is 340 g/mol. The normalized spacial score (nSPS) is 24.2. The van der Waals surface area contributed by atoms with E-state index in [-0.39, 0.29) is 18.0 Å². The van der Waals surface area contributed by atoms with Crippen LogP contribution in [0.2, 0.25) is 0 Å². The van der Waals surface area contributed by atoms with Gasteiger partial charge < -0.3 is 15.4 Å². The van der Waals surface area contributed by atoms with Gasteiger partial charge in [0.1, 0.15) is 11.1 Å². The summed E-state index contributed by atoms with van der Waals surface area (Å²) in [4.78, 5) is 39.2. The Bertz CT molecular complexity index is 527. The Morgan fingerprint density at radius 1 is 1.33 bits per heavy atom. The van der Waals surface area contributed by atoms with E-state index in [4.69, 9.17) is 4.74 Å². The lowest BCUT2D eigenvalue weighted by Crippen LogP contribution is -2.43. The van der Waals surface area contributed by atoms with E-state index < -0.39 is 17.2 Å². The van der Waals surface area contributed by atoms with Crippen molar-refractivity contribution < 1.29 is 19.1 Å². The maximum atomic E-state index is 12.1. The molecule has 2 N–H and O–H groups in total. The van der Waals surface area contributed by atoms with Gasteiger partial charge in [0.25, 0.3) is 5.91 Å². The van der Waals surface area contributed by atoms with Crippen LogP contribution >= 0.6 is 0 Å². The number of amides is 4. The van der Waals surface area contributed by atoms with E-state index in [1.165, 1.54) is 4.90 Å². The number of ether oxygens (including phenoxy) is 1. The van der Waals surface area contributed by atoms with E-state index in [0.29, 0.717) is 19.6 Å². The van der Waals surface area contributed by atoms with E-state index in [1.54, 1.807) is 13.8 Å². The molecule has 24 heavy (non-hydrogen) atoms. The number of urea groups is 1. The molecule has 0 aromatic rings. The van der Waals surface area contributed by atoms with E-state index in [1.807, 2.05) is 20.8 Å². The first-order valence-corrected chi connectivity index (χ1v) is 8.34. The van der Waals surface area contributed by atoms with Crippen LogP contribution in [0, 0.1) is 0 Å². The molecule has 2 rings (SSSR count). The second-order valence-electron chi connectivity index (χ2n) is 7.94. The number of carbonyl (C=O) groups is 3. The zero-order valence-corrected chi connectivity index (χ0v) is 15.1. The number of hydrogen-bond acceptors (Lipinski definition) is 5. The van der Waals surface area contributed by atoms with Crippen LogP contribution in [0.5, 0.6) is 0 Å². The molecule has 1 atom stereocenters. The van der Waals surface area contributed by atoms with Crippen molar-refractivity contribution in [1.29, 1.82) is 0 Å². The summed E-state index contributed by atoms with van der Waals surface area (Å²) in [5.74, 6) is -0.199. The van der Waals surface area contributed by atoms with Crippen molar-refractivity contribution >= 4 is 18.0 Å². The first kappa shape index (κ1) is 18.5. The molecule has 2 fully saturated rings. The summed E-state index contributed by atoms with van der Waals surface area (Å²) in [6.07, 6.45) is 0.412. The Labute approximate surface area is 142 Å². The average Bonchev–Trinajstić information content (AvgIpc) is 2.89. The monoisotopic (exact) mass is 340 g/mol. The second-order valence-corrected chi connectivity index (χ2v) is 7.94. The highest BCUT2D eigenvalue weighted by Crippen LogP contribution is 2.17. The Morgan fingerprint density at radius 2 is 2.00 bits per heavy atom. The van der Waals surface area contributed by atoms with Crippen LogP contribution < -0.4 is 10.6 Å². The SMILES string of the molecule is CC(C)(C)OC(=O)NC1CCN(CCN2C(=O)NC(C)(C)C2=O)C1. The lowest BCUT2D eigenvalue weighted by molar-refractivity contribution is -0.130. The quantitative estimate of drug-likeness (QED) is 0.743. The fourth-order valence-corrected chi connectivity index (χ4v) is 2.89. The lowest BCUT2D eigenvalue weighted by Gasteiger charge is -2.22. The predicted octanol–water partition coefficient (Wildman–Crippen LogP) is 0.916. The standard InChI is InChI=1S/C16H28N4O4/c1-15(2,3)24-14(23)17-11-6-7-19(10-11)8-9-20-12(21)16(4,5)18-13(20)22/h11H,6-10H2,1-5H3,(H,17,23)(H,18,22). The number of carbonyl (C=O) groups excluding carboxylic acids is 3. The molecule has 0 bridgehead atoms. The van der Waals surface area contributed by atoms with Gasteiger partial charge in [0, 0.05) is 32.2 Å². The summed E-state index contributed by atoms with van der Waals surface area (Å²) < 4.78 is 5.25. The summed E-state index contributed by atoms with van der Waals surface area (Å²) >= 11 is 0. The summed E-state index contributed by atoms with van der Waals surface area (Å²) in [6, 6.07) is -0.313. The molecule has 8 heteroatoms. The van der Waals surface area contributed by atoms with Crippen molar-refractivity contribution in [2.45, 2.75) is 58.2 Å². The highest BCUT2D eigenvalue weighted by atomic mass is 16.6. The summed E-state index contributed by atoms with van der Waals surface area (Å²) in [7, 11) is 0. The molecule has 1 unspecified atom stereocenters. The lowest BCUT2D eigenvalue weighted by atomic mass is 10.1. The van der Waals surface area contributed by atoms with Crippen LogP contribution in [0.3, 0.4) is 0 Å². The van der Waals surface area contributed by atoms with Gasteiger partial charge in [-0.1, -0.05) is 0 Å². The molecule has 0 saturated carbocycles. The third-order valence-electron chi connectivity index (χ3n) is 4.08. The number of hydrogen-bond donors (Lipinski definition) is 2. The van der Waals surface area contributed by atoms with Gasteiger partial charge in [-0.25, -0.2) is 9.59 Å². The van der Waals surface area contributed by atoms with Gasteiger partial charge in [-0.05, 0) is 41.0 Å². The first-order valence-electron chi connectivity index (χ1n) is 8.34. The zero-order valence-electron chi connectivity index (χ0n) is 15.1. The van der Waals surface area contributed by atoms with Crippen LogP contribution in [0.15, 0.2) is 0 Å². The van der Waals surface area contributed by atoms with Crippen molar-refractivity contribution in [2.75, 3.05) is 26.2 Å². The fourth-order valence-electron chi connectivity index (χ4n) is 2.89. The first-order chi connectivity index (χ1) is 11.0. The highest BCUT2D eigenvalue weighted by Gasteiger charge is 2.44. The molecule has 0 spiro atoms. The number of alkyl carbamates (subject to hydrolysis) is 1. The Morgan fingerprint density at radius 3 is 2.54 bits per heavy atom. The topological polar surface area (TPSA) is 91.0 Å². The van der Waals surface area contributed by atoms with Gasteiger partial charge in [0.05, 0.1) is 0 Å². The second kappa shape index (κ2) is 6.58. The summed E-state index contributed by atoms with van der Waals surface area (Å²) in [5.41, 5.74) is -1.35. The number of nitrogens with one attached hydrogen (secondary N) is 2. The fraction of sp³-hybridized carbons (Fsp3) is 0.812. The Hall–Kier alpha value is -1.83. The minimum absolute atomic E-state index is 0.0272. The third kappa shape index (κ3) is 4.59. The van der Waals surface area contributed by atoms with E-state index in [0.717, 1.165) is 13.0 Å². The van der Waals surface area contributed by atoms with E-state index in [9.17, 15) is 14.4 Å². The van der Waals surface area contributed by atoms with Crippen molar-refractivity contribution in [1.82, 2.24) is 20.4 Å². The largest absolute Gasteiger partial charge is 0.444 e. The van der Waals surface area contributed by atoms with Gasteiger partial charge in [0.2, 0.25) is 0 Å². The molecule has 0 aromatic carbocycles. The summed E-state index contributed by atoms with van der Waals surface area (Å²) in [5, 5.41) is 5.53. The molecule has 0 radical (unpaired) electrons. The van der Waals surface area contributed by atoms with E-state index >= 15 is 0 Å². The van der Waals surface area contributed by atoms with Gasteiger partial charge in [-0.2, -0.15) is 0 Å². The molecule has 2 aliphatic rings. The number of nitrogens with zero attached hydrogens (tertiary/aromatic N) is 2. The van der Waals surface area contributed by atoms with Crippen LogP contribution in [-0.4, -0.2) is 71.2 Å². The Balaban J connectivity index is 1.76. The maximum Gasteiger partial charge on any atom is 0.407 e. The summed E-state index contributed by atoms with van der Waals surface area (Å²) in [6.45, 7) is 11.3.